The largest absolute Gasteiger partial charge is 0.393 e. The molecule has 0 amide bonds. The first-order valence-electron chi connectivity index (χ1n) is 12.2. The van der Waals surface area contributed by atoms with E-state index in [0.717, 1.165) is 19.3 Å². The molecule has 31 heavy (non-hydrogen) atoms. The van der Waals surface area contributed by atoms with Crippen molar-refractivity contribution in [3.05, 3.63) is 47.6 Å². The highest BCUT2D eigenvalue weighted by Crippen LogP contribution is 2.59. The fourth-order valence-electron chi connectivity index (χ4n) is 6.22. The van der Waals surface area contributed by atoms with Crippen molar-refractivity contribution in [1.82, 2.24) is 0 Å². The summed E-state index contributed by atoms with van der Waals surface area (Å²) in [6.45, 7) is 13.9. The van der Waals surface area contributed by atoms with Crippen LogP contribution >= 0.6 is 0 Å². The van der Waals surface area contributed by atoms with Crippen LogP contribution < -0.4 is 0 Å². The van der Waals surface area contributed by atoms with Gasteiger partial charge in [-0.25, -0.2) is 0 Å². The summed E-state index contributed by atoms with van der Waals surface area (Å²) in [5, 5.41) is 30.9. The summed E-state index contributed by atoms with van der Waals surface area (Å²) < 4.78 is 0. The molecule has 0 bridgehead atoms. The highest BCUT2D eigenvalue weighted by molar-refractivity contribution is 5.36. The van der Waals surface area contributed by atoms with E-state index in [1.54, 1.807) is 32.4 Å². The van der Waals surface area contributed by atoms with Gasteiger partial charge < -0.3 is 15.3 Å². The predicted molar refractivity (Wildman–Crippen MR) is 129 cm³/mol. The quantitative estimate of drug-likeness (QED) is 0.480. The molecule has 3 aliphatic rings. The van der Waals surface area contributed by atoms with Gasteiger partial charge in [-0.1, -0.05) is 55.9 Å². The Morgan fingerprint density at radius 3 is 2.48 bits per heavy atom. The first-order valence-corrected chi connectivity index (χ1v) is 12.2. The Hall–Kier alpha value is -1.16. The van der Waals surface area contributed by atoms with Crippen LogP contribution in [0.1, 0.15) is 86.0 Å². The first-order chi connectivity index (χ1) is 14.3. The van der Waals surface area contributed by atoms with Crippen LogP contribution in [0.3, 0.4) is 0 Å². The van der Waals surface area contributed by atoms with E-state index >= 15 is 0 Å². The number of allylic oxidation sites excluding steroid dienone is 5. The van der Waals surface area contributed by atoms with Gasteiger partial charge in [0.15, 0.2) is 0 Å². The van der Waals surface area contributed by atoms with Gasteiger partial charge in [0.1, 0.15) is 5.60 Å². The Bertz CT molecular complexity index is 764. The topological polar surface area (TPSA) is 60.7 Å². The van der Waals surface area contributed by atoms with Gasteiger partial charge in [0.05, 0.1) is 11.7 Å². The van der Waals surface area contributed by atoms with Gasteiger partial charge in [0.25, 0.3) is 0 Å². The van der Waals surface area contributed by atoms with Crippen molar-refractivity contribution in [2.24, 2.45) is 23.2 Å². The summed E-state index contributed by atoms with van der Waals surface area (Å²) in [6.07, 6.45) is 16.8. The molecule has 3 rings (SSSR count). The molecule has 3 nitrogen and oxygen atoms in total. The number of rotatable bonds is 5. The Kier molecular flexibility index (Phi) is 7.11. The molecule has 0 saturated heterocycles. The molecule has 0 spiro atoms. The van der Waals surface area contributed by atoms with Crippen molar-refractivity contribution in [2.75, 3.05) is 0 Å². The monoisotopic (exact) mass is 428 g/mol. The molecule has 0 aromatic heterocycles. The Labute approximate surface area is 189 Å². The third-order valence-electron chi connectivity index (χ3n) is 8.82. The van der Waals surface area contributed by atoms with Gasteiger partial charge >= 0.3 is 0 Å². The molecule has 0 aromatic rings. The molecular formula is C28H44O3. The van der Waals surface area contributed by atoms with Crippen LogP contribution in [-0.2, 0) is 0 Å². The number of hydrogen-bond acceptors (Lipinski definition) is 3. The zero-order valence-electron chi connectivity index (χ0n) is 20.3. The second kappa shape index (κ2) is 9.00. The van der Waals surface area contributed by atoms with Crippen molar-refractivity contribution in [2.45, 2.75) is 103 Å². The van der Waals surface area contributed by atoms with E-state index in [0.29, 0.717) is 17.8 Å². The lowest BCUT2D eigenvalue weighted by Crippen LogP contribution is -2.46. The number of aliphatic hydroxyl groups excluding tert-OH is 1. The van der Waals surface area contributed by atoms with Crippen molar-refractivity contribution >= 4 is 0 Å². The van der Waals surface area contributed by atoms with Gasteiger partial charge in [-0.05, 0) is 101 Å². The third-order valence-corrected chi connectivity index (χ3v) is 8.82. The average Bonchev–Trinajstić information content (AvgIpc) is 3.03. The standard InChI is InChI=1S/C28H44O3/c1-19-9-12-23(29)18-22(19)11-10-21-8-7-16-27(5)24(13-14-25(21)27)20(2)15-17-28(6,31)26(3,4)30/h10-11,15,17,20,23-25,29-31H,1,7-9,12-14,16,18H2,2-6H3/b17-15+,21-10-,22-11+/t20?,23-,24?,25?,27?,28?/m0/s1. The van der Waals surface area contributed by atoms with E-state index in [1.165, 1.54) is 43.3 Å². The van der Waals surface area contributed by atoms with Crippen LogP contribution in [0.15, 0.2) is 47.6 Å². The second-order valence-corrected chi connectivity index (χ2v) is 11.5. The molecule has 3 aliphatic carbocycles. The van der Waals surface area contributed by atoms with Crippen molar-refractivity contribution < 1.29 is 15.3 Å². The maximum atomic E-state index is 10.6. The molecule has 3 N–H and O–H groups in total. The molecule has 3 fully saturated rings. The van der Waals surface area contributed by atoms with Gasteiger partial charge in [-0.3, -0.25) is 0 Å². The minimum atomic E-state index is -1.24. The lowest BCUT2D eigenvalue weighted by Gasteiger charge is -2.44. The van der Waals surface area contributed by atoms with Crippen LogP contribution in [0.5, 0.6) is 0 Å². The van der Waals surface area contributed by atoms with E-state index in [2.05, 4.69) is 38.7 Å². The predicted octanol–water partition coefficient (Wildman–Crippen LogP) is 5.87. The van der Waals surface area contributed by atoms with Crippen molar-refractivity contribution in [3.63, 3.8) is 0 Å². The summed E-state index contributed by atoms with van der Waals surface area (Å²) >= 11 is 0. The van der Waals surface area contributed by atoms with Crippen molar-refractivity contribution in [1.29, 1.82) is 0 Å². The van der Waals surface area contributed by atoms with Crippen LogP contribution in [0.2, 0.25) is 0 Å². The van der Waals surface area contributed by atoms with E-state index in [4.69, 9.17) is 0 Å². The summed E-state index contributed by atoms with van der Waals surface area (Å²) in [7, 11) is 0. The minimum Gasteiger partial charge on any atom is -0.393 e. The zero-order chi connectivity index (χ0) is 23.0. The lowest BCUT2D eigenvalue weighted by molar-refractivity contribution is -0.0886. The average molecular weight is 429 g/mol. The fourth-order valence-corrected chi connectivity index (χ4v) is 6.22. The van der Waals surface area contributed by atoms with Crippen molar-refractivity contribution in [3.8, 4) is 0 Å². The maximum absolute atomic E-state index is 10.6. The van der Waals surface area contributed by atoms with Gasteiger partial charge in [-0.15, -0.1) is 0 Å². The second-order valence-electron chi connectivity index (χ2n) is 11.5. The Morgan fingerprint density at radius 2 is 1.81 bits per heavy atom. The smallest absolute Gasteiger partial charge is 0.108 e. The zero-order valence-corrected chi connectivity index (χ0v) is 20.3. The Balaban J connectivity index is 1.77. The van der Waals surface area contributed by atoms with E-state index in [1.807, 2.05) is 0 Å². The van der Waals surface area contributed by atoms with Crippen LogP contribution in [-0.4, -0.2) is 32.6 Å². The summed E-state index contributed by atoms with van der Waals surface area (Å²) in [5.41, 5.74) is 1.83. The summed E-state index contributed by atoms with van der Waals surface area (Å²) in [4.78, 5) is 0. The van der Waals surface area contributed by atoms with Crippen LogP contribution in [0.25, 0.3) is 0 Å². The number of aliphatic hydroxyl groups is 3. The van der Waals surface area contributed by atoms with Gasteiger partial charge in [-0.2, -0.15) is 0 Å². The highest BCUT2D eigenvalue weighted by atomic mass is 16.3. The molecule has 6 atom stereocenters. The van der Waals surface area contributed by atoms with E-state index < -0.39 is 11.2 Å². The molecule has 3 saturated carbocycles. The maximum Gasteiger partial charge on any atom is 0.108 e. The van der Waals surface area contributed by atoms with Crippen LogP contribution in [0.4, 0.5) is 0 Å². The Morgan fingerprint density at radius 1 is 1.10 bits per heavy atom. The van der Waals surface area contributed by atoms with E-state index in [9.17, 15) is 15.3 Å². The molecule has 174 valence electrons. The minimum absolute atomic E-state index is 0.226. The molecule has 3 heteroatoms. The highest BCUT2D eigenvalue weighted by Gasteiger charge is 2.50. The number of fused-ring (bicyclic) bond motifs is 1. The number of hydrogen-bond donors (Lipinski definition) is 3. The molecule has 0 heterocycles. The van der Waals surface area contributed by atoms with Gasteiger partial charge in [0.2, 0.25) is 0 Å². The van der Waals surface area contributed by atoms with E-state index in [-0.39, 0.29) is 11.5 Å². The SMILES string of the molecule is C=C1CC[C@H](O)C/C1=C\C=C1\CCCC2(C)C1CCC2C(C)/C=C/C(C)(O)C(C)(C)O. The summed E-state index contributed by atoms with van der Waals surface area (Å²) in [6, 6.07) is 0. The first kappa shape index (κ1) is 24.5. The van der Waals surface area contributed by atoms with Crippen LogP contribution in [0, 0.1) is 23.2 Å². The fraction of sp³-hybridized carbons (Fsp3) is 0.714. The molecular weight excluding hydrogens is 384 g/mol. The molecule has 5 unspecified atom stereocenters. The summed E-state index contributed by atoms with van der Waals surface area (Å²) in [5.74, 6) is 1.54. The normalized spacial score (nSPS) is 37.9. The molecule has 0 aliphatic heterocycles. The van der Waals surface area contributed by atoms with Gasteiger partial charge in [0, 0.05) is 0 Å². The lowest BCUT2D eigenvalue weighted by atomic mass is 9.61. The molecule has 0 radical (unpaired) electrons. The third kappa shape index (κ3) is 5.10. The molecule has 0 aromatic carbocycles.